The van der Waals surface area contributed by atoms with Gasteiger partial charge < -0.3 is 9.13 Å². The van der Waals surface area contributed by atoms with Crippen LogP contribution in [-0.2, 0) is 4.57 Å². The lowest BCUT2D eigenvalue weighted by Gasteiger charge is -2.22. The van der Waals surface area contributed by atoms with Gasteiger partial charge in [-0.1, -0.05) is 170 Å². The summed E-state index contributed by atoms with van der Waals surface area (Å²) in [5.41, 5.74) is 12.4. The molecule has 9 aromatic rings. The van der Waals surface area contributed by atoms with Crippen LogP contribution in [0.1, 0.15) is 0 Å². The number of benzene rings is 7. The number of para-hydroxylation sites is 1. The van der Waals surface area contributed by atoms with Gasteiger partial charge in [-0.2, -0.15) is 0 Å². The first-order chi connectivity index (χ1) is 26.2. The third kappa shape index (κ3) is 5.04. The molecule has 0 bridgehead atoms. The van der Waals surface area contributed by atoms with Crippen LogP contribution in [-0.4, -0.2) is 9.55 Å². The predicted octanol–water partition coefficient (Wildman–Crippen LogP) is 11.3. The number of hydrogen-bond acceptors (Lipinski definition) is 2. The van der Waals surface area contributed by atoms with Crippen molar-refractivity contribution in [2.75, 3.05) is 0 Å². The molecule has 0 saturated heterocycles. The van der Waals surface area contributed by atoms with Gasteiger partial charge in [-0.15, -0.1) is 0 Å². The van der Waals surface area contributed by atoms with Crippen molar-refractivity contribution in [3.8, 4) is 61.7 Å². The quantitative estimate of drug-likeness (QED) is 0.168. The maximum atomic E-state index is 16.0. The zero-order valence-electron chi connectivity index (χ0n) is 28.8. The molecule has 1 atom stereocenters. The maximum absolute atomic E-state index is 16.0. The van der Waals surface area contributed by atoms with E-state index in [1.54, 1.807) is 0 Å². The molecule has 1 aliphatic rings. The van der Waals surface area contributed by atoms with E-state index in [0.29, 0.717) is 0 Å². The zero-order chi connectivity index (χ0) is 35.4. The smallest absolute Gasteiger partial charge is 0.172 e. The van der Waals surface area contributed by atoms with Gasteiger partial charge in [0, 0.05) is 49.2 Å². The summed E-state index contributed by atoms with van der Waals surface area (Å²) in [6.45, 7) is 0. The molecule has 1 aliphatic heterocycles. The molecule has 0 fully saturated rings. The first-order valence-electron chi connectivity index (χ1n) is 17.9. The molecule has 0 radical (unpaired) electrons. The number of fused-ring (bicyclic) bond motifs is 7. The van der Waals surface area contributed by atoms with Crippen LogP contribution in [0.25, 0.3) is 72.6 Å². The first kappa shape index (κ1) is 31.2. The highest BCUT2D eigenvalue weighted by Gasteiger charge is 2.39. The Morgan fingerprint density at radius 2 is 0.962 bits per heavy atom. The average Bonchev–Trinajstić information content (AvgIpc) is 3.55. The normalized spacial score (nSPS) is 14.6. The van der Waals surface area contributed by atoms with Crippen LogP contribution in [0.5, 0.6) is 0 Å². The molecule has 10 rings (SSSR count). The summed E-state index contributed by atoms with van der Waals surface area (Å²) in [5, 5.41) is 3.68. The fourth-order valence-electron chi connectivity index (χ4n) is 8.03. The summed E-state index contributed by atoms with van der Waals surface area (Å²) in [5.74, 6) is 0. The van der Waals surface area contributed by atoms with Crippen molar-refractivity contribution in [1.29, 1.82) is 0 Å². The number of pyridine rings is 1. The lowest BCUT2D eigenvalue weighted by Crippen LogP contribution is -2.26. The molecule has 0 saturated carbocycles. The summed E-state index contributed by atoms with van der Waals surface area (Å²) in [4.78, 5) is 5.13. The van der Waals surface area contributed by atoms with E-state index in [4.69, 9.17) is 4.98 Å². The highest BCUT2D eigenvalue weighted by atomic mass is 31.2. The van der Waals surface area contributed by atoms with Gasteiger partial charge in [-0.3, -0.25) is 0 Å². The monoisotopic (exact) mass is 696 g/mol. The van der Waals surface area contributed by atoms with Gasteiger partial charge in [0.2, 0.25) is 0 Å². The van der Waals surface area contributed by atoms with E-state index in [1.165, 1.54) is 0 Å². The Labute approximate surface area is 308 Å². The minimum absolute atomic E-state index is 0.837. The molecular formula is C49H33N2OP. The van der Waals surface area contributed by atoms with Crippen LogP contribution < -0.4 is 15.9 Å². The molecule has 4 heteroatoms. The average molecular weight is 697 g/mol. The molecule has 0 amide bonds. The van der Waals surface area contributed by atoms with E-state index < -0.39 is 7.14 Å². The molecule has 0 spiro atoms. The van der Waals surface area contributed by atoms with Gasteiger partial charge in [0.05, 0.1) is 22.6 Å². The largest absolute Gasteiger partial charge is 0.309 e. The van der Waals surface area contributed by atoms with Crippen molar-refractivity contribution in [3.63, 3.8) is 0 Å². The van der Waals surface area contributed by atoms with Gasteiger partial charge in [0.15, 0.2) is 7.14 Å². The van der Waals surface area contributed by atoms with Crippen LogP contribution in [0.4, 0.5) is 0 Å². The highest BCUT2D eigenvalue weighted by molar-refractivity contribution is 7.85. The van der Waals surface area contributed by atoms with E-state index in [9.17, 15) is 0 Å². The van der Waals surface area contributed by atoms with Gasteiger partial charge in [0.1, 0.15) is 0 Å². The molecule has 7 aromatic carbocycles. The van der Waals surface area contributed by atoms with E-state index in [0.717, 1.165) is 88.5 Å². The lowest BCUT2D eigenvalue weighted by molar-refractivity contribution is 0.592. The van der Waals surface area contributed by atoms with E-state index >= 15 is 4.57 Å². The van der Waals surface area contributed by atoms with E-state index in [2.05, 4.69) is 150 Å². The molecule has 250 valence electrons. The third-order valence-corrected chi connectivity index (χ3v) is 13.6. The summed E-state index contributed by atoms with van der Waals surface area (Å²) >= 11 is 0. The van der Waals surface area contributed by atoms with Crippen LogP contribution in [0, 0.1) is 0 Å². The minimum atomic E-state index is -3.28. The van der Waals surface area contributed by atoms with Crippen molar-refractivity contribution in [3.05, 3.63) is 200 Å². The fraction of sp³-hybridized carbons (Fsp3) is 0. The summed E-state index contributed by atoms with van der Waals surface area (Å²) < 4.78 is 18.3. The molecule has 1 unspecified atom stereocenters. The maximum Gasteiger partial charge on any atom is 0.172 e. The van der Waals surface area contributed by atoms with Gasteiger partial charge >= 0.3 is 0 Å². The van der Waals surface area contributed by atoms with Crippen molar-refractivity contribution < 1.29 is 4.57 Å². The Bertz CT molecular complexity index is 2800. The molecular weight excluding hydrogens is 664 g/mol. The van der Waals surface area contributed by atoms with Crippen molar-refractivity contribution in [2.45, 2.75) is 0 Å². The van der Waals surface area contributed by atoms with Crippen LogP contribution in [0.15, 0.2) is 200 Å². The third-order valence-electron chi connectivity index (χ3n) is 10.4. The second-order valence-corrected chi connectivity index (χ2v) is 16.2. The number of rotatable bonds is 5. The van der Waals surface area contributed by atoms with Gasteiger partial charge in [0.25, 0.3) is 0 Å². The van der Waals surface area contributed by atoms with Crippen LogP contribution in [0.2, 0.25) is 0 Å². The van der Waals surface area contributed by atoms with Crippen molar-refractivity contribution >= 4 is 34.0 Å². The van der Waals surface area contributed by atoms with Crippen molar-refractivity contribution in [2.24, 2.45) is 0 Å². The van der Waals surface area contributed by atoms with Crippen molar-refractivity contribution in [1.82, 2.24) is 9.55 Å². The number of aromatic nitrogens is 2. The first-order valence-corrected chi connectivity index (χ1v) is 19.6. The standard InChI is InChI=1S/C49H33N2OP/c52-53(39-23-8-3-9-24-39)46-29-14-11-26-41(46)48-40-25-10-13-28-45(40)51(49(48)42-27-12-15-30-47(42)53)38-22-16-21-36(31-38)37-32-43(34-17-4-1-5-18-34)50-44(33-37)35-19-6-2-7-20-35/h1-33H. The van der Waals surface area contributed by atoms with Crippen LogP contribution in [0.3, 0.4) is 0 Å². The van der Waals surface area contributed by atoms with Gasteiger partial charge in [-0.05, 0) is 47.0 Å². The molecule has 3 heterocycles. The second-order valence-electron chi connectivity index (χ2n) is 13.5. The van der Waals surface area contributed by atoms with E-state index in [-0.39, 0.29) is 0 Å². The molecule has 3 nitrogen and oxygen atoms in total. The fourth-order valence-corrected chi connectivity index (χ4v) is 11.1. The molecule has 53 heavy (non-hydrogen) atoms. The Hall–Kier alpha value is -6.54. The summed E-state index contributed by atoms with van der Waals surface area (Å²) in [7, 11) is -3.28. The SMILES string of the molecule is O=P1(c2ccccc2)c2ccccc2-c2c(n(-c3cccc(-c4cc(-c5ccccc5)nc(-c5ccccc5)c4)c3)c3ccccc23)-c2ccccc21. The summed E-state index contributed by atoms with van der Waals surface area (Å²) in [6, 6.07) is 69.2. The lowest BCUT2D eigenvalue weighted by atomic mass is 9.98. The Morgan fingerprint density at radius 3 is 1.64 bits per heavy atom. The van der Waals surface area contributed by atoms with E-state index in [1.807, 2.05) is 54.6 Å². The second kappa shape index (κ2) is 12.6. The van der Waals surface area contributed by atoms with Gasteiger partial charge in [-0.25, -0.2) is 4.98 Å². The topological polar surface area (TPSA) is 34.9 Å². The molecule has 2 aromatic heterocycles. The highest BCUT2D eigenvalue weighted by Crippen LogP contribution is 2.54. The van der Waals surface area contributed by atoms with Crippen LogP contribution >= 0.6 is 7.14 Å². The zero-order valence-corrected chi connectivity index (χ0v) is 29.7. The predicted molar refractivity (Wildman–Crippen MR) is 221 cm³/mol. The Kier molecular flexibility index (Phi) is 7.42. The Morgan fingerprint density at radius 1 is 0.434 bits per heavy atom. The molecule has 0 N–H and O–H groups in total. The Balaban J connectivity index is 1.25. The molecule has 0 aliphatic carbocycles. The number of nitrogens with zero attached hydrogens (tertiary/aromatic N) is 2. The number of hydrogen-bond donors (Lipinski definition) is 0. The minimum Gasteiger partial charge on any atom is -0.309 e. The summed E-state index contributed by atoms with van der Waals surface area (Å²) in [6.07, 6.45) is 0.